The summed E-state index contributed by atoms with van der Waals surface area (Å²) in [5.74, 6) is -13.1. The van der Waals surface area contributed by atoms with E-state index >= 15 is 0 Å². The summed E-state index contributed by atoms with van der Waals surface area (Å²) >= 11 is 0. The van der Waals surface area contributed by atoms with Gasteiger partial charge >= 0.3 is 0 Å². The molecule has 13 nitrogen and oxygen atoms in total. The molecule has 0 unspecified atom stereocenters. The van der Waals surface area contributed by atoms with E-state index in [0.29, 0.717) is 0 Å². The molecule has 21 heavy (non-hydrogen) atoms. The molecule has 0 aromatic heterocycles. The number of carbonyl (C=O) groups is 6. The molecule has 0 aliphatic heterocycles. The van der Waals surface area contributed by atoms with Gasteiger partial charge in [0.05, 0.1) is 35.8 Å². The predicted molar refractivity (Wildman–Crippen MR) is 33.7 cm³/mol. The van der Waals surface area contributed by atoms with Crippen molar-refractivity contribution >= 4 is 35.8 Å². The van der Waals surface area contributed by atoms with E-state index in [9.17, 15) is 0 Å². The van der Waals surface area contributed by atoms with Crippen LogP contribution in [0.3, 0.4) is 0 Å². The van der Waals surface area contributed by atoms with Gasteiger partial charge in [0.2, 0.25) is 0 Å². The van der Waals surface area contributed by atoms with Gasteiger partial charge in [-0.2, -0.15) is 0 Å². The number of aliphatic carboxylic acids is 6. The van der Waals surface area contributed by atoms with Gasteiger partial charge in [-0.1, -0.05) is 0 Å². The van der Waals surface area contributed by atoms with Crippen LogP contribution >= 0.6 is 0 Å². The van der Waals surface area contributed by atoms with Crippen LogP contribution in [0.1, 0.15) is 0 Å². The summed E-state index contributed by atoms with van der Waals surface area (Å²) in [5.41, 5.74) is 0. The topological polar surface area (TPSA) is 272 Å². The summed E-state index contributed by atoms with van der Waals surface area (Å²) in [6.07, 6.45) is 0. The maximum Gasteiger partial charge on any atom is 0.0870 e. The predicted octanol–water partition coefficient (Wildman–Crippen LogP) is -11.4. The fraction of sp³-hybridized carbons (Fsp3) is 0. The molecule has 0 aliphatic carbocycles. The molecule has 0 saturated heterocycles. The van der Waals surface area contributed by atoms with E-state index in [2.05, 4.69) is 0 Å². The van der Waals surface area contributed by atoms with Crippen molar-refractivity contribution < 1.29 is 93.4 Å². The molecule has 0 atom stereocenters. The third kappa shape index (κ3) is 46.5. The monoisotopic (exact) mass is 764 g/mol. The van der Waals surface area contributed by atoms with Crippen molar-refractivity contribution in [3.05, 3.63) is 0 Å². The maximum atomic E-state index is 8.93. The Hall–Kier alpha value is -2.44. The first-order chi connectivity index (χ1) is 7.93. The van der Waals surface area contributed by atoms with Crippen molar-refractivity contribution in [3.8, 4) is 0 Å². The number of carboxylic acids is 6. The van der Waals surface area contributed by atoms with Crippen LogP contribution in [0.2, 0.25) is 0 Å². The van der Waals surface area contributed by atoms with E-state index in [-0.39, 0.29) is 34.0 Å². The standard InChI is InChI=1S/3C2H2O4.2Am.H2O/c3*3-1(4)2(5)6;;;/h3*(H,3,4)(H,5,6);;;1H2/p-6. The molecule has 0 saturated carbocycles. The van der Waals surface area contributed by atoms with Crippen LogP contribution in [0.25, 0.3) is 0 Å². The van der Waals surface area contributed by atoms with Crippen molar-refractivity contribution in [1.82, 2.24) is 0 Å². The molecule has 0 fully saturated rings. The molecule has 0 aliphatic rings. The fourth-order valence-corrected chi connectivity index (χ4v) is 0. The minimum absolute atomic E-state index is 0. The average molecular weight is 768 g/mol. The molecule has 0 aromatic rings. The average Bonchev–Trinajstić information content (AvgIpc) is 2.18. The number of carbonyl (C=O) groups excluding carboxylic acids is 6. The molecule has 0 heterocycles. The third-order valence-electron chi connectivity index (χ3n) is 0.500. The van der Waals surface area contributed by atoms with Crippen LogP contribution in [0, 0.1) is 28.6 Å². The van der Waals surface area contributed by atoms with E-state index in [0.717, 1.165) is 0 Å². The molecule has 15 heteroatoms. The van der Waals surface area contributed by atoms with Gasteiger partial charge in [0.15, 0.2) is 0 Å². The zero-order valence-electron chi connectivity index (χ0n) is 9.15. The second-order valence-corrected chi connectivity index (χ2v) is 1.72. The van der Waals surface area contributed by atoms with Gasteiger partial charge < -0.3 is 64.9 Å². The van der Waals surface area contributed by atoms with Crippen LogP contribution in [-0.2, 0) is 28.8 Å². The summed E-state index contributed by atoms with van der Waals surface area (Å²) in [6.45, 7) is 0. The minimum Gasteiger partial charge on any atom is -0.543 e. The zero-order chi connectivity index (χ0) is 15.5. The van der Waals surface area contributed by atoms with Crippen molar-refractivity contribution in [2.45, 2.75) is 0 Å². The normalized spacial score (nSPS) is 6.29. The molecule has 0 spiro atoms. The SMILES string of the molecule is O.O=C([O-])C(=O)[O-].O=C([O-])C(=O)[O-].O=C([O-])C(=O)[O-].[Am].[Am]. The van der Waals surface area contributed by atoms with Crippen LogP contribution in [0.15, 0.2) is 0 Å². The maximum absolute atomic E-state index is 8.93. The summed E-state index contributed by atoms with van der Waals surface area (Å²) in [7, 11) is 0. The molecular formula is C6H2Am2O13-6. The smallest absolute Gasteiger partial charge is 0.0870 e. The van der Waals surface area contributed by atoms with Gasteiger partial charge in [0.25, 0.3) is 0 Å². The Morgan fingerprint density at radius 2 is 0.429 bits per heavy atom. The van der Waals surface area contributed by atoms with E-state index in [1.165, 1.54) is 0 Å². The number of hydrogen-bond donors (Lipinski definition) is 0. The molecule has 2 radical (unpaired) electrons. The zero-order valence-corrected chi connectivity index (χ0v) is 15.4. The van der Waals surface area contributed by atoms with E-state index in [1.807, 2.05) is 0 Å². The van der Waals surface area contributed by atoms with Crippen LogP contribution in [-0.4, -0.2) is 41.3 Å². The Morgan fingerprint density at radius 3 is 0.429 bits per heavy atom. The van der Waals surface area contributed by atoms with Crippen molar-refractivity contribution in [2.75, 3.05) is 0 Å². The van der Waals surface area contributed by atoms with Gasteiger partial charge in [-0.3, -0.25) is 0 Å². The molecule has 0 rings (SSSR count). The quantitative estimate of drug-likeness (QED) is 0.208. The van der Waals surface area contributed by atoms with Crippen molar-refractivity contribution in [3.63, 3.8) is 0 Å². The molecular weight excluding hydrogens is 766 g/mol. The number of rotatable bonds is 0. The summed E-state index contributed by atoms with van der Waals surface area (Å²) in [6, 6.07) is 0. The van der Waals surface area contributed by atoms with Crippen molar-refractivity contribution in [1.29, 1.82) is 0 Å². The first kappa shape index (κ1) is 36.3. The van der Waals surface area contributed by atoms with E-state index < -0.39 is 35.8 Å². The fourth-order valence-electron chi connectivity index (χ4n) is 0. The number of hydrogen-bond acceptors (Lipinski definition) is 12. The van der Waals surface area contributed by atoms with Crippen LogP contribution in [0.4, 0.5) is 0 Å². The summed E-state index contributed by atoms with van der Waals surface area (Å²) < 4.78 is 0. The first-order valence-electron chi connectivity index (χ1n) is 3.20. The second-order valence-electron chi connectivity index (χ2n) is 1.72. The largest absolute Gasteiger partial charge is 0.543 e. The summed E-state index contributed by atoms with van der Waals surface area (Å²) in [5, 5.41) is 53.6. The van der Waals surface area contributed by atoms with Gasteiger partial charge in [-0.25, -0.2) is 0 Å². The number of carboxylic acid groups (broad SMARTS) is 6. The van der Waals surface area contributed by atoms with E-state index in [4.69, 9.17) is 59.4 Å². The molecule has 2 N–H and O–H groups in total. The van der Waals surface area contributed by atoms with Crippen LogP contribution < -0.4 is 30.6 Å². The Balaban J connectivity index is -0.0000000375. The van der Waals surface area contributed by atoms with Crippen molar-refractivity contribution in [2.24, 2.45) is 0 Å². The Kier molecular flexibility index (Phi) is 34.4. The minimum atomic E-state index is -2.19. The molecule has 0 amide bonds. The van der Waals surface area contributed by atoms with Gasteiger partial charge in [0.1, 0.15) is 0 Å². The Labute approximate surface area is 130 Å². The Morgan fingerprint density at radius 1 is 0.381 bits per heavy atom. The van der Waals surface area contributed by atoms with Crippen LogP contribution in [0.5, 0.6) is 0 Å². The van der Waals surface area contributed by atoms with Gasteiger partial charge in [0, 0.05) is 28.6 Å². The molecule has 0 bridgehead atoms. The molecule has 0 aromatic carbocycles. The Bertz CT molecular complexity index is 282. The third-order valence-corrected chi connectivity index (χ3v) is 0.500. The van der Waals surface area contributed by atoms with Gasteiger partial charge in [-0.15, -0.1) is 0 Å². The first-order valence-corrected chi connectivity index (χ1v) is 3.20. The molecule has 124 valence electrons. The van der Waals surface area contributed by atoms with Gasteiger partial charge in [-0.05, 0) is 0 Å². The summed E-state index contributed by atoms with van der Waals surface area (Å²) in [4.78, 5) is 53.6. The van der Waals surface area contributed by atoms with E-state index in [1.54, 1.807) is 0 Å². The second kappa shape index (κ2) is 19.9.